The third kappa shape index (κ3) is 1.92. The number of rotatable bonds is 3. The Morgan fingerprint density at radius 1 is 1.77 bits per heavy atom. The molecule has 1 unspecified atom stereocenters. The van der Waals surface area contributed by atoms with E-state index in [1.165, 1.54) is 0 Å². The minimum Gasteiger partial charge on any atom is -0.499 e. The van der Waals surface area contributed by atoms with Gasteiger partial charge in [-0.2, -0.15) is 0 Å². The van der Waals surface area contributed by atoms with Crippen molar-refractivity contribution in [2.45, 2.75) is 12.0 Å². The molecule has 0 heterocycles. The number of halogens is 1. The first-order valence-electron chi connectivity index (χ1n) is 3.91. The molecule has 0 spiro atoms. The molecular weight excluding hydrogens is 190 g/mol. The summed E-state index contributed by atoms with van der Waals surface area (Å²) in [5, 5.41) is 0. The smallest absolute Gasteiger partial charge is 0.146 e. The van der Waals surface area contributed by atoms with Crippen LogP contribution in [0, 0.1) is 0 Å². The zero-order chi connectivity index (χ0) is 9.90. The fourth-order valence-electron chi connectivity index (χ4n) is 1.32. The van der Waals surface area contributed by atoms with Gasteiger partial charge in [0.1, 0.15) is 12.0 Å². The number of alkyl halides is 1. The van der Waals surface area contributed by atoms with E-state index in [1.54, 1.807) is 19.3 Å². The maximum absolute atomic E-state index is 10.5. The SMILES string of the molecule is COC1=CC=C(C=O)CC1(N)CCl. The Hall–Kier alpha value is -0.800. The van der Waals surface area contributed by atoms with Gasteiger partial charge in [0.25, 0.3) is 0 Å². The normalized spacial score (nSPS) is 27.6. The van der Waals surface area contributed by atoms with E-state index >= 15 is 0 Å². The third-order valence-electron chi connectivity index (χ3n) is 2.07. The number of ether oxygens (including phenoxy) is 1. The molecule has 0 aliphatic heterocycles. The van der Waals surface area contributed by atoms with E-state index < -0.39 is 5.54 Å². The van der Waals surface area contributed by atoms with Crippen LogP contribution in [0.5, 0.6) is 0 Å². The standard InChI is InChI=1S/C9H12ClNO2/c1-13-8-3-2-7(5-12)4-9(8,11)6-10/h2-3,5H,4,6,11H2,1H3. The fraction of sp³-hybridized carbons (Fsp3) is 0.444. The zero-order valence-corrected chi connectivity index (χ0v) is 8.17. The van der Waals surface area contributed by atoms with Crippen LogP contribution < -0.4 is 5.73 Å². The summed E-state index contributed by atoms with van der Waals surface area (Å²) < 4.78 is 5.08. The van der Waals surface area contributed by atoms with Crippen LogP contribution in [-0.2, 0) is 9.53 Å². The van der Waals surface area contributed by atoms with Crippen molar-refractivity contribution in [2.24, 2.45) is 5.73 Å². The molecule has 1 aliphatic rings. The highest BCUT2D eigenvalue weighted by Gasteiger charge is 2.33. The summed E-state index contributed by atoms with van der Waals surface area (Å²) in [4.78, 5) is 10.5. The van der Waals surface area contributed by atoms with Crippen LogP contribution in [0.3, 0.4) is 0 Å². The number of nitrogens with two attached hydrogens (primary N) is 1. The Labute approximate surface area is 82.2 Å². The van der Waals surface area contributed by atoms with E-state index in [4.69, 9.17) is 22.1 Å². The highest BCUT2D eigenvalue weighted by Crippen LogP contribution is 2.28. The van der Waals surface area contributed by atoms with E-state index in [-0.39, 0.29) is 5.88 Å². The molecule has 1 aliphatic carbocycles. The molecule has 0 radical (unpaired) electrons. The van der Waals surface area contributed by atoms with Crippen molar-refractivity contribution in [1.82, 2.24) is 0 Å². The molecule has 4 heteroatoms. The van der Waals surface area contributed by atoms with E-state index in [2.05, 4.69) is 0 Å². The first-order chi connectivity index (χ1) is 6.16. The Bertz CT molecular complexity index is 273. The lowest BCUT2D eigenvalue weighted by Gasteiger charge is -2.31. The lowest BCUT2D eigenvalue weighted by Crippen LogP contribution is -2.46. The molecule has 3 nitrogen and oxygen atoms in total. The molecule has 0 aromatic rings. The third-order valence-corrected chi connectivity index (χ3v) is 2.55. The van der Waals surface area contributed by atoms with Gasteiger partial charge in [-0.15, -0.1) is 11.6 Å². The highest BCUT2D eigenvalue weighted by molar-refractivity contribution is 6.19. The van der Waals surface area contributed by atoms with Crippen molar-refractivity contribution in [2.75, 3.05) is 13.0 Å². The lowest BCUT2D eigenvalue weighted by molar-refractivity contribution is -0.105. The van der Waals surface area contributed by atoms with E-state index in [0.717, 1.165) is 6.29 Å². The zero-order valence-electron chi connectivity index (χ0n) is 7.42. The number of methoxy groups -OCH3 is 1. The minimum absolute atomic E-state index is 0.234. The van der Waals surface area contributed by atoms with E-state index in [9.17, 15) is 4.79 Å². The summed E-state index contributed by atoms with van der Waals surface area (Å²) in [5.74, 6) is 0.853. The topological polar surface area (TPSA) is 52.3 Å². The summed E-state index contributed by atoms with van der Waals surface area (Å²) in [6.07, 6.45) is 4.61. The molecule has 0 bridgehead atoms. The Morgan fingerprint density at radius 2 is 2.46 bits per heavy atom. The largest absolute Gasteiger partial charge is 0.499 e. The maximum Gasteiger partial charge on any atom is 0.146 e. The lowest BCUT2D eigenvalue weighted by atomic mass is 9.87. The van der Waals surface area contributed by atoms with Gasteiger partial charge < -0.3 is 10.5 Å². The second-order valence-corrected chi connectivity index (χ2v) is 3.33. The van der Waals surface area contributed by atoms with E-state index in [1.807, 2.05) is 0 Å². The van der Waals surface area contributed by atoms with Crippen LogP contribution in [0.1, 0.15) is 6.42 Å². The number of hydrogen-bond acceptors (Lipinski definition) is 3. The molecule has 1 rings (SSSR count). The Balaban J connectivity index is 2.96. The molecule has 0 saturated carbocycles. The minimum atomic E-state index is -0.735. The Morgan fingerprint density at radius 3 is 2.92 bits per heavy atom. The molecule has 13 heavy (non-hydrogen) atoms. The van der Waals surface area contributed by atoms with Crippen molar-refractivity contribution in [3.05, 3.63) is 23.5 Å². The second-order valence-electron chi connectivity index (χ2n) is 3.06. The number of allylic oxidation sites excluding steroid dienone is 2. The van der Waals surface area contributed by atoms with Gasteiger partial charge in [-0.25, -0.2) is 0 Å². The molecule has 1 atom stereocenters. The summed E-state index contributed by atoms with van der Waals surface area (Å²) in [5.41, 5.74) is 5.86. The number of hydrogen-bond donors (Lipinski definition) is 1. The van der Waals surface area contributed by atoms with Crippen LogP contribution in [0.4, 0.5) is 0 Å². The van der Waals surface area contributed by atoms with Crippen LogP contribution >= 0.6 is 11.6 Å². The van der Waals surface area contributed by atoms with Crippen molar-refractivity contribution < 1.29 is 9.53 Å². The van der Waals surface area contributed by atoms with Crippen LogP contribution in [-0.4, -0.2) is 24.8 Å². The molecule has 2 N–H and O–H groups in total. The molecule has 72 valence electrons. The van der Waals surface area contributed by atoms with Crippen molar-refractivity contribution in [3.8, 4) is 0 Å². The predicted molar refractivity (Wildman–Crippen MR) is 51.5 cm³/mol. The molecule has 0 aromatic heterocycles. The predicted octanol–water partition coefficient (Wildman–Crippen LogP) is 0.982. The van der Waals surface area contributed by atoms with Gasteiger partial charge in [-0.05, 0) is 11.6 Å². The van der Waals surface area contributed by atoms with Crippen LogP contribution in [0.25, 0.3) is 0 Å². The molecule has 0 aromatic carbocycles. The molecule has 0 amide bonds. The van der Waals surface area contributed by atoms with Gasteiger partial charge >= 0.3 is 0 Å². The summed E-state index contributed by atoms with van der Waals surface area (Å²) in [6.45, 7) is 0. The quantitative estimate of drug-likeness (QED) is 0.547. The summed E-state index contributed by atoms with van der Waals surface area (Å²) >= 11 is 5.73. The summed E-state index contributed by atoms with van der Waals surface area (Å²) in [7, 11) is 1.54. The van der Waals surface area contributed by atoms with Gasteiger partial charge in [0.05, 0.1) is 12.6 Å². The van der Waals surface area contributed by atoms with E-state index in [0.29, 0.717) is 17.8 Å². The van der Waals surface area contributed by atoms with Gasteiger partial charge in [0.2, 0.25) is 0 Å². The van der Waals surface area contributed by atoms with Crippen molar-refractivity contribution in [3.63, 3.8) is 0 Å². The fourth-order valence-corrected chi connectivity index (χ4v) is 1.55. The Kier molecular flexibility index (Phi) is 3.12. The molecule has 0 fully saturated rings. The van der Waals surface area contributed by atoms with Crippen LogP contribution in [0.15, 0.2) is 23.5 Å². The highest BCUT2D eigenvalue weighted by atomic mass is 35.5. The van der Waals surface area contributed by atoms with Crippen molar-refractivity contribution >= 4 is 17.9 Å². The summed E-state index contributed by atoms with van der Waals surface area (Å²) in [6, 6.07) is 0. The molecule has 0 saturated heterocycles. The first kappa shape index (κ1) is 10.3. The van der Waals surface area contributed by atoms with Gasteiger partial charge in [0, 0.05) is 12.3 Å². The maximum atomic E-state index is 10.5. The average molecular weight is 202 g/mol. The van der Waals surface area contributed by atoms with Gasteiger partial charge in [-0.1, -0.05) is 6.08 Å². The first-order valence-corrected chi connectivity index (χ1v) is 4.45. The van der Waals surface area contributed by atoms with Gasteiger partial charge in [-0.3, -0.25) is 4.79 Å². The second kappa shape index (κ2) is 3.94. The molecular formula is C9H12ClNO2. The van der Waals surface area contributed by atoms with Crippen LogP contribution in [0.2, 0.25) is 0 Å². The average Bonchev–Trinajstić information content (AvgIpc) is 2.17. The van der Waals surface area contributed by atoms with Crippen molar-refractivity contribution in [1.29, 1.82) is 0 Å². The monoisotopic (exact) mass is 201 g/mol. The number of carbonyl (C=O) groups excluding carboxylic acids is 1. The van der Waals surface area contributed by atoms with Gasteiger partial charge in [0.15, 0.2) is 0 Å². The number of carbonyl (C=O) groups is 1. The number of aldehydes is 1.